The molecule has 0 fully saturated rings. The zero-order chi connectivity index (χ0) is 27.9. The number of nitrogens with one attached hydrogen (secondary N) is 1. The largest absolute Gasteiger partial charge is 0.354 e. The van der Waals surface area contributed by atoms with Gasteiger partial charge < -0.3 is 10.2 Å². The number of halogens is 2. The van der Waals surface area contributed by atoms with Gasteiger partial charge in [-0.2, -0.15) is 0 Å². The van der Waals surface area contributed by atoms with Crippen molar-refractivity contribution in [2.75, 3.05) is 17.4 Å². The third kappa shape index (κ3) is 7.07. The Balaban J connectivity index is 2.04. The van der Waals surface area contributed by atoms with Crippen LogP contribution in [-0.4, -0.2) is 44.3 Å². The summed E-state index contributed by atoms with van der Waals surface area (Å²) in [4.78, 5) is 28.1. The van der Waals surface area contributed by atoms with E-state index < -0.39 is 28.5 Å². The monoisotopic (exact) mass is 575 g/mol. The van der Waals surface area contributed by atoms with Crippen LogP contribution in [0.2, 0.25) is 10.0 Å². The van der Waals surface area contributed by atoms with Gasteiger partial charge in [0, 0.05) is 28.7 Å². The highest BCUT2D eigenvalue weighted by atomic mass is 35.5. The molecular weight excluding hydrogens is 545 g/mol. The maximum absolute atomic E-state index is 13.9. The van der Waals surface area contributed by atoms with Crippen LogP contribution < -0.4 is 9.62 Å². The number of sulfonamides is 1. The van der Waals surface area contributed by atoms with E-state index in [1.165, 1.54) is 17.0 Å². The highest BCUT2D eigenvalue weighted by Gasteiger charge is 2.33. The summed E-state index contributed by atoms with van der Waals surface area (Å²) in [6, 6.07) is 18.8. The van der Waals surface area contributed by atoms with Crippen molar-refractivity contribution in [2.24, 2.45) is 0 Å². The standard InChI is InChI=1S/C28H31Cl2N3O4S/c1-4-17-31-28(35)21(3)32(18-24-25(29)11-8-12-26(24)30)27(34)19-33(22-15-13-20(2)14-16-22)38(36,37)23-9-6-5-7-10-23/h5-16,21H,4,17-19H2,1-3H3,(H,31,35)/t21-/m0/s1. The number of aryl methyl sites for hydroxylation is 1. The van der Waals surface area contributed by atoms with Gasteiger partial charge in [-0.1, -0.05) is 72.1 Å². The molecule has 202 valence electrons. The molecule has 1 atom stereocenters. The molecular formula is C28H31Cl2N3O4S. The molecule has 0 aliphatic carbocycles. The smallest absolute Gasteiger partial charge is 0.264 e. The highest BCUT2D eigenvalue weighted by molar-refractivity contribution is 7.92. The third-order valence-electron chi connectivity index (χ3n) is 6.04. The fourth-order valence-electron chi connectivity index (χ4n) is 3.79. The fraction of sp³-hybridized carbons (Fsp3) is 0.286. The quantitative estimate of drug-likeness (QED) is 0.330. The molecule has 0 unspecified atom stereocenters. The average Bonchev–Trinajstić information content (AvgIpc) is 2.90. The van der Waals surface area contributed by atoms with E-state index in [-0.39, 0.29) is 17.3 Å². The van der Waals surface area contributed by atoms with Gasteiger partial charge in [0.15, 0.2) is 0 Å². The number of carbonyl (C=O) groups is 2. The summed E-state index contributed by atoms with van der Waals surface area (Å²) in [5.74, 6) is -0.948. The summed E-state index contributed by atoms with van der Waals surface area (Å²) in [6.07, 6.45) is 0.721. The second-order valence-corrected chi connectivity index (χ2v) is 11.5. The predicted molar refractivity (Wildman–Crippen MR) is 152 cm³/mol. The first kappa shape index (κ1) is 29.5. The van der Waals surface area contributed by atoms with Crippen molar-refractivity contribution < 1.29 is 18.0 Å². The van der Waals surface area contributed by atoms with Crippen molar-refractivity contribution in [2.45, 2.75) is 44.7 Å². The van der Waals surface area contributed by atoms with Gasteiger partial charge >= 0.3 is 0 Å². The normalized spacial score (nSPS) is 12.0. The first-order valence-electron chi connectivity index (χ1n) is 12.2. The van der Waals surface area contributed by atoms with E-state index in [0.29, 0.717) is 27.8 Å². The van der Waals surface area contributed by atoms with Crippen LogP contribution in [0, 0.1) is 6.92 Å². The number of amides is 2. The van der Waals surface area contributed by atoms with E-state index in [4.69, 9.17) is 23.2 Å². The zero-order valence-corrected chi connectivity index (χ0v) is 23.9. The lowest BCUT2D eigenvalue weighted by Crippen LogP contribution is -2.51. The van der Waals surface area contributed by atoms with Gasteiger partial charge in [0.05, 0.1) is 10.6 Å². The van der Waals surface area contributed by atoms with Gasteiger partial charge in [-0.3, -0.25) is 13.9 Å². The van der Waals surface area contributed by atoms with E-state index in [0.717, 1.165) is 16.3 Å². The predicted octanol–water partition coefficient (Wildman–Crippen LogP) is 5.44. The van der Waals surface area contributed by atoms with Crippen LogP contribution in [0.3, 0.4) is 0 Å². The minimum atomic E-state index is -4.11. The summed E-state index contributed by atoms with van der Waals surface area (Å²) in [5.41, 5.74) is 1.73. The molecule has 0 spiro atoms. The van der Waals surface area contributed by atoms with E-state index in [1.807, 2.05) is 13.8 Å². The van der Waals surface area contributed by atoms with Crippen LogP contribution in [-0.2, 0) is 26.2 Å². The molecule has 0 aliphatic rings. The van der Waals surface area contributed by atoms with Gasteiger partial charge in [-0.15, -0.1) is 0 Å². The molecule has 0 aromatic heterocycles. The van der Waals surface area contributed by atoms with E-state index in [2.05, 4.69) is 5.32 Å². The molecule has 0 saturated carbocycles. The van der Waals surface area contributed by atoms with Crippen LogP contribution in [0.4, 0.5) is 5.69 Å². The van der Waals surface area contributed by atoms with Gasteiger partial charge in [-0.25, -0.2) is 8.42 Å². The summed E-state index contributed by atoms with van der Waals surface area (Å²) < 4.78 is 28.5. The summed E-state index contributed by atoms with van der Waals surface area (Å²) in [7, 11) is -4.11. The third-order valence-corrected chi connectivity index (χ3v) is 8.53. The van der Waals surface area contributed by atoms with Crippen molar-refractivity contribution >= 4 is 50.7 Å². The van der Waals surface area contributed by atoms with Crippen molar-refractivity contribution in [1.82, 2.24) is 10.2 Å². The Bertz CT molecular complexity index is 1350. The number of hydrogen-bond donors (Lipinski definition) is 1. The maximum Gasteiger partial charge on any atom is 0.264 e. The van der Waals surface area contributed by atoms with E-state index >= 15 is 0 Å². The van der Waals surface area contributed by atoms with Crippen LogP contribution in [0.5, 0.6) is 0 Å². The topological polar surface area (TPSA) is 86.8 Å². The Labute approximate surface area is 234 Å². The minimum Gasteiger partial charge on any atom is -0.354 e. The van der Waals surface area contributed by atoms with Gasteiger partial charge in [0.2, 0.25) is 11.8 Å². The van der Waals surface area contributed by atoms with Crippen molar-refractivity contribution in [3.8, 4) is 0 Å². The Hall–Kier alpha value is -3.07. The molecule has 38 heavy (non-hydrogen) atoms. The summed E-state index contributed by atoms with van der Waals surface area (Å²) in [5, 5.41) is 3.47. The number of benzene rings is 3. The molecule has 3 aromatic carbocycles. The lowest BCUT2D eigenvalue weighted by molar-refractivity contribution is -0.139. The van der Waals surface area contributed by atoms with Gasteiger partial charge in [0.25, 0.3) is 10.0 Å². The lowest BCUT2D eigenvalue weighted by Gasteiger charge is -2.32. The van der Waals surface area contributed by atoms with Crippen molar-refractivity contribution in [3.63, 3.8) is 0 Å². The summed E-state index contributed by atoms with van der Waals surface area (Å²) in [6.45, 7) is 5.23. The first-order chi connectivity index (χ1) is 18.1. The number of hydrogen-bond acceptors (Lipinski definition) is 4. The molecule has 0 heterocycles. The van der Waals surface area contributed by atoms with Crippen molar-refractivity contribution in [3.05, 3.63) is 94.0 Å². The Morgan fingerprint density at radius 2 is 1.53 bits per heavy atom. The Morgan fingerprint density at radius 3 is 2.11 bits per heavy atom. The minimum absolute atomic E-state index is 0.0443. The molecule has 0 aliphatic heterocycles. The van der Waals surface area contributed by atoms with Crippen molar-refractivity contribution in [1.29, 1.82) is 0 Å². The molecule has 7 nitrogen and oxygen atoms in total. The Kier molecular flexibility index (Phi) is 10.2. The number of anilines is 1. The molecule has 10 heteroatoms. The lowest BCUT2D eigenvalue weighted by atomic mass is 10.1. The molecule has 0 saturated heterocycles. The average molecular weight is 577 g/mol. The maximum atomic E-state index is 13.9. The second kappa shape index (κ2) is 13.1. The SMILES string of the molecule is CCCNC(=O)[C@H](C)N(Cc1c(Cl)cccc1Cl)C(=O)CN(c1ccc(C)cc1)S(=O)(=O)c1ccccc1. The fourth-order valence-corrected chi connectivity index (χ4v) is 5.74. The van der Waals surface area contributed by atoms with Crippen LogP contribution in [0.25, 0.3) is 0 Å². The van der Waals surface area contributed by atoms with Gasteiger partial charge in [0.1, 0.15) is 12.6 Å². The highest BCUT2D eigenvalue weighted by Crippen LogP contribution is 2.28. The first-order valence-corrected chi connectivity index (χ1v) is 14.4. The van der Waals surface area contributed by atoms with E-state index in [9.17, 15) is 18.0 Å². The number of rotatable bonds is 11. The molecule has 0 bridgehead atoms. The molecule has 3 aromatic rings. The van der Waals surface area contributed by atoms with Crippen LogP contribution >= 0.6 is 23.2 Å². The van der Waals surface area contributed by atoms with Crippen LogP contribution in [0.15, 0.2) is 77.7 Å². The zero-order valence-electron chi connectivity index (χ0n) is 21.5. The molecule has 2 amide bonds. The Morgan fingerprint density at radius 1 is 0.921 bits per heavy atom. The van der Waals surface area contributed by atoms with Crippen LogP contribution in [0.1, 0.15) is 31.4 Å². The second-order valence-electron chi connectivity index (χ2n) is 8.85. The molecule has 0 radical (unpaired) electrons. The van der Waals surface area contributed by atoms with E-state index in [1.54, 1.807) is 67.6 Å². The molecule has 3 rings (SSSR count). The molecule has 1 N–H and O–H groups in total. The summed E-state index contributed by atoms with van der Waals surface area (Å²) >= 11 is 12.8. The number of carbonyl (C=O) groups excluding carboxylic acids is 2. The van der Waals surface area contributed by atoms with Gasteiger partial charge in [-0.05, 0) is 56.7 Å². The number of nitrogens with zero attached hydrogens (tertiary/aromatic N) is 2.